The number of amides is 2. The number of carbonyl (C=O) groups is 2. The van der Waals surface area contributed by atoms with Crippen molar-refractivity contribution in [3.8, 4) is 0 Å². The molecule has 0 unspecified atom stereocenters. The van der Waals surface area contributed by atoms with Crippen molar-refractivity contribution < 1.29 is 23.9 Å². The molecule has 2 amide bonds. The van der Waals surface area contributed by atoms with Crippen molar-refractivity contribution in [2.45, 2.75) is 95.9 Å². The standard InChI is InChI=1S/C36H48N4O7Si/c1-4-47-48(2,3)24-18-10-8-6-5-7-9-17-23-33(41)37-34(28-19-13-11-14-20-28)35(29-21-15-12-16-22-29)38-36(42)30-25-31(39(43)44)27-32(26-30)40(45)46/h11-16,19-22,25-27,34-35H,4-10,17-18,23-24H2,1-3H3,(H,37,41)(H,38,42)/t34-,35-/m1/s1. The number of nitro benzene ring substituents is 2. The van der Waals surface area contributed by atoms with Crippen molar-refractivity contribution in [2.24, 2.45) is 0 Å². The molecule has 0 bridgehead atoms. The molecule has 12 heteroatoms. The predicted octanol–water partition coefficient (Wildman–Crippen LogP) is 8.58. The topological polar surface area (TPSA) is 154 Å². The lowest BCUT2D eigenvalue weighted by atomic mass is 9.92. The number of hydrogen-bond donors (Lipinski definition) is 2. The number of nitrogens with zero attached hydrogens (tertiary/aromatic N) is 2. The molecule has 48 heavy (non-hydrogen) atoms. The van der Waals surface area contributed by atoms with Crippen LogP contribution in [0.5, 0.6) is 0 Å². The van der Waals surface area contributed by atoms with E-state index >= 15 is 0 Å². The maximum atomic E-state index is 13.6. The van der Waals surface area contributed by atoms with Crippen molar-refractivity contribution >= 4 is 31.5 Å². The molecule has 0 aliphatic carbocycles. The lowest BCUT2D eigenvalue weighted by molar-refractivity contribution is -0.394. The first kappa shape index (κ1) is 38.0. The van der Waals surface area contributed by atoms with Gasteiger partial charge in [-0.1, -0.05) is 106 Å². The van der Waals surface area contributed by atoms with Crippen LogP contribution in [0.3, 0.4) is 0 Å². The smallest absolute Gasteiger partial charge is 0.277 e. The Hall–Kier alpha value is -4.42. The van der Waals surface area contributed by atoms with Gasteiger partial charge in [0.15, 0.2) is 8.32 Å². The Kier molecular flexibility index (Phi) is 15.4. The molecule has 0 heterocycles. The molecular weight excluding hydrogens is 629 g/mol. The van der Waals surface area contributed by atoms with Crippen LogP contribution in [0.15, 0.2) is 78.9 Å². The quantitative estimate of drug-likeness (QED) is 0.0496. The van der Waals surface area contributed by atoms with Crippen molar-refractivity contribution in [3.05, 3.63) is 116 Å². The summed E-state index contributed by atoms with van der Waals surface area (Å²) >= 11 is 0. The van der Waals surface area contributed by atoms with E-state index in [1.54, 1.807) is 12.1 Å². The summed E-state index contributed by atoms with van der Waals surface area (Å²) in [5.41, 5.74) is 0.0652. The van der Waals surface area contributed by atoms with Gasteiger partial charge < -0.3 is 15.1 Å². The van der Waals surface area contributed by atoms with Crippen LogP contribution in [0, 0.1) is 20.2 Å². The average Bonchev–Trinajstić information content (AvgIpc) is 3.07. The minimum atomic E-state index is -1.50. The van der Waals surface area contributed by atoms with Crippen LogP contribution in [-0.2, 0) is 9.22 Å². The first-order valence-corrected chi connectivity index (χ1v) is 19.9. The van der Waals surface area contributed by atoms with Gasteiger partial charge in [-0.3, -0.25) is 29.8 Å². The molecule has 258 valence electrons. The van der Waals surface area contributed by atoms with Crippen molar-refractivity contribution in [1.29, 1.82) is 0 Å². The van der Waals surface area contributed by atoms with E-state index in [0.717, 1.165) is 56.1 Å². The van der Waals surface area contributed by atoms with E-state index in [-0.39, 0.29) is 11.5 Å². The van der Waals surface area contributed by atoms with E-state index in [1.807, 2.05) is 48.5 Å². The second-order valence-corrected chi connectivity index (χ2v) is 16.9. The van der Waals surface area contributed by atoms with Gasteiger partial charge in [0.2, 0.25) is 5.91 Å². The van der Waals surface area contributed by atoms with Gasteiger partial charge in [-0.25, -0.2) is 0 Å². The van der Waals surface area contributed by atoms with Crippen molar-refractivity contribution in [3.63, 3.8) is 0 Å². The summed E-state index contributed by atoms with van der Waals surface area (Å²) in [5.74, 6) is -0.906. The average molecular weight is 677 g/mol. The summed E-state index contributed by atoms with van der Waals surface area (Å²) < 4.78 is 5.91. The third kappa shape index (κ3) is 12.6. The number of nitrogens with one attached hydrogen (secondary N) is 2. The maximum absolute atomic E-state index is 13.6. The first-order valence-electron chi connectivity index (χ1n) is 16.8. The number of carbonyl (C=O) groups excluding carboxylic acids is 2. The summed E-state index contributed by atoms with van der Waals surface area (Å²) in [6.45, 7) is 7.42. The zero-order valence-corrected chi connectivity index (χ0v) is 29.2. The molecule has 0 spiro atoms. The number of hydrogen-bond acceptors (Lipinski definition) is 7. The number of non-ortho nitro benzene ring substituents is 2. The molecule has 0 radical (unpaired) electrons. The van der Waals surface area contributed by atoms with E-state index < -0.39 is 47.5 Å². The largest absolute Gasteiger partial charge is 0.418 e. The van der Waals surface area contributed by atoms with Gasteiger partial charge >= 0.3 is 0 Å². The van der Waals surface area contributed by atoms with Crippen LogP contribution < -0.4 is 10.6 Å². The van der Waals surface area contributed by atoms with Gasteiger partial charge in [-0.15, -0.1) is 0 Å². The minimum Gasteiger partial charge on any atom is -0.418 e. The fourth-order valence-corrected chi connectivity index (χ4v) is 7.83. The lowest BCUT2D eigenvalue weighted by Gasteiger charge is -2.30. The van der Waals surface area contributed by atoms with Gasteiger partial charge in [0.05, 0.1) is 33.6 Å². The number of rotatable bonds is 21. The van der Waals surface area contributed by atoms with Crippen LogP contribution in [0.4, 0.5) is 11.4 Å². The molecule has 0 aliphatic rings. The molecule has 0 saturated heterocycles. The van der Waals surface area contributed by atoms with Gasteiger partial charge in [0.25, 0.3) is 17.3 Å². The molecule has 0 saturated carbocycles. The van der Waals surface area contributed by atoms with Gasteiger partial charge in [0, 0.05) is 25.2 Å². The van der Waals surface area contributed by atoms with Gasteiger partial charge in [-0.2, -0.15) is 0 Å². The molecule has 0 aliphatic heterocycles. The highest BCUT2D eigenvalue weighted by Gasteiger charge is 2.30. The maximum Gasteiger partial charge on any atom is 0.277 e. The summed E-state index contributed by atoms with van der Waals surface area (Å²) in [6.07, 6.45) is 9.05. The highest BCUT2D eigenvalue weighted by atomic mass is 28.4. The molecule has 2 atom stereocenters. The lowest BCUT2D eigenvalue weighted by Crippen LogP contribution is -2.40. The first-order chi connectivity index (χ1) is 23.0. The van der Waals surface area contributed by atoms with E-state index in [9.17, 15) is 29.8 Å². The van der Waals surface area contributed by atoms with E-state index in [4.69, 9.17) is 4.43 Å². The van der Waals surface area contributed by atoms with Crippen molar-refractivity contribution in [2.75, 3.05) is 6.61 Å². The van der Waals surface area contributed by atoms with Crippen LogP contribution >= 0.6 is 0 Å². The van der Waals surface area contributed by atoms with E-state index in [0.29, 0.717) is 12.0 Å². The van der Waals surface area contributed by atoms with Crippen molar-refractivity contribution in [1.82, 2.24) is 10.6 Å². The fraction of sp³-hybridized carbons (Fsp3) is 0.444. The normalized spacial score (nSPS) is 12.6. The Morgan fingerprint density at radius 1 is 0.708 bits per heavy atom. The van der Waals surface area contributed by atoms with E-state index in [2.05, 4.69) is 30.7 Å². The zero-order valence-electron chi connectivity index (χ0n) is 28.2. The number of benzene rings is 3. The minimum absolute atomic E-state index is 0.161. The summed E-state index contributed by atoms with van der Waals surface area (Å²) in [4.78, 5) is 48.2. The molecule has 11 nitrogen and oxygen atoms in total. The summed E-state index contributed by atoms with van der Waals surface area (Å²) in [6, 6.07) is 20.8. The third-order valence-corrected chi connectivity index (χ3v) is 10.9. The molecule has 3 aromatic rings. The predicted molar refractivity (Wildman–Crippen MR) is 189 cm³/mol. The number of nitro groups is 2. The van der Waals surface area contributed by atoms with E-state index in [1.165, 1.54) is 31.7 Å². The van der Waals surface area contributed by atoms with Crippen LogP contribution in [0.2, 0.25) is 19.1 Å². The highest BCUT2D eigenvalue weighted by molar-refractivity contribution is 6.71. The zero-order chi connectivity index (χ0) is 34.9. The Balaban J connectivity index is 1.65. The summed E-state index contributed by atoms with van der Waals surface area (Å²) in [7, 11) is -1.50. The van der Waals surface area contributed by atoms with Crippen LogP contribution in [0.25, 0.3) is 0 Å². The second kappa shape index (κ2) is 19.4. The Labute approximate surface area is 283 Å². The Morgan fingerprint density at radius 3 is 1.65 bits per heavy atom. The molecule has 3 rings (SSSR count). The molecular formula is C36H48N4O7Si. The monoisotopic (exact) mass is 676 g/mol. The summed E-state index contributed by atoms with van der Waals surface area (Å²) in [5, 5.41) is 28.9. The number of unbranched alkanes of at least 4 members (excludes halogenated alkanes) is 7. The third-order valence-electron chi connectivity index (χ3n) is 8.31. The van der Waals surface area contributed by atoms with Gasteiger partial charge in [-0.05, 0) is 43.6 Å². The van der Waals surface area contributed by atoms with Crippen LogP contribution in [0.1, 0.15) is 98.3 Å². The second-order valence-electron chi connectivity index (χ2n) is 12.6. The van der Waals surface area contributed by atoms with Crippen LogP contribution in [-0.4, -0.2) is 36.6 Å². The Bertz CT molecular complexity index is 1460. The molecule has 0 fully saturated rings. The molecule has 2 N–H and O–H groups in total. The highest BCUT2D eigenvalue weighted by Crippen LogP contribution is 2.31. The van der Waals surface area contributed by atoms with Gasteiger partial charge in [0.1, 0.15) is 0 Å². The molecule has 3 aromatic carbocycles. The Morgan fingerprint density at radius 2 is 1.17 bits per heavy atom. The SMILES string of the molecule is CCO[Si](C)(C)CCCCCCCCCCC(=O)N[C@H](c1ccccc1)[C@H](NC(=O)c1cc([N+](=O)[O-])cc([N+](=O)[O-])c1)c1ccccc1. The molecule has 0 aromatic heterocycles. The fourth-order valence-electron chi connectivity index (χ4n) is 5.81.